The summed E-state index contributed by atoms with van der Waals surface area (Å²) in [5.41, 5.74) is 1.95. The van der Waals surface area contributed by atoms with E-state index < -0.39 is 5.97 Å². The lowest BCUT2D eigenvalue weighted by molar-refractivity contribution is 0.0605. The molecule has 0 radical (unpaired) electrons. The first-order valence-corrected chi connectivity index (χ1v) is 12.0. The number of anilines is 2. The largest absolute Gasteiger partial charge is 0.476 e. The van der Waals surface area contributed by atoms with Gasteiger partial charge in [0.15, 0.2) is 16.0 Å². The van der Waals surface area contributed by atoms with Crippen LogP contribution >= 0.6 is 22.7 Å². The number of aromatic carboxylic acids is 1. The molecule has 0 aliphatic carbocycles. The predicted octanol–water partition coefficient (Wildman–Crippen LogP) is 3.83. The third kappa shape index (κ3) is 7.55. The fourth-order valence-corrected chi connectivity index (χ4v) is 4.34. The summed E-state index contributed by atoms with van der Waals surface area (Å²) in [6, 6.07) is 11.5. The second-order valence-corrected chi connectivity index (χ2v) is 9.02. The number of thiazole rings is 2. The highest BCUT2D eigenvalue weighted by Crippen LogP contribution is 2.23. The van der Waals surface area contributed by atoms with Gasteiger partial charge in [0.2, 0.25) is 0 Å². The molecule has 4 aromatic heterocycles. The molecule has 0 fully saturated rings. The van der Waals surface area contributed by atoms with E-state index in [0.717, 1.165) is 16.5 Å². The second-order valence-electron chi connectivity index (χ2n) is 7.17. The number of aromatic nitrogens is 4. The third-order valence-electron chi connectivity index (χ3n) is 4.49. The zero-order valence-electron chi connectivity index (χ0n) is 19.4. The minimum absolute atomic E-state index is 0.0814. The van der Waals surface area contributed by atoms with Gasteiger partial charge in [0, 0.05) is 31.9 Å². The molecule has 35 heavy (non-hydrogen) atoms. The summed E-state index contributed by atoms with van der Waals surface area (Å²) in [5, 5.41) is 11.8. The Morgan fingerprint density at radius 3 is 2.03 bits per heavy atom. The maximum absolute atomic E-state index is 11.3. The van der Waals surface area contributed by atoms with Crippen molar-refractivity contribution in [3.05, 3.63) is 82.3 Å². The number of esters is 1. The van der Waals surface area contributed by atoms with Crippen molar-refractivity contribution in [2.24, 2.45) is 0 Å². The molecule has 0 aliphatic rings. The van der Waals surface area contributed by atoms with Crippen molar-refractivity contribution in [3.63, 3.8) is 0 Å². The zero-order chi connectivity index (χ0) is 25.2. The number of methoxy groups -OCH3 is 1. The van der Waals surface area contributed by atoms with Crippen molar-refractivity contribution in [1.82, 2.24) is 19.9 Å². The van der Waals surface area contributed by atoms with E-state index in [4.69, 9.17) is 5.11 Å². The summed E-state index contributed by atoms with van der Waals surface area (Å²) in [6.45, 7) is 1.25. The Balaban J connectivity index is 0.000000196. The van der Waals surface area contributed by atoms with Crippen LogP contribution in [-0.4, -0.2) is 58.2 Å². The zero-order valence-corrected chi connectivity index (χ0v) is 21.0. The van der Waals surface area contributed by atoms with Gasteiger partial charge in [-0.15, -0.1) is 11.3 Å². The fourth-order valence-electron chi connectivity index (χ4n) is 2.78. The number of ether oxygens (including phenoxy) is 1. The number of rotatable bonds is 8. The van der Waals surface area contributed by atoms with Crippen LogP contribution in [0.4, 0.5) is 10.3 Å². The van der Waals surface area contributed by atoms with Crippen LogP contribution in [0.3, 0.4) is 0 Å². The van der Waals surface area contributed by atoms with Gasteiger partial charge in [0.25, 0.3) is 0 Å². The molecule has 1 N–H and O–H groups in total. The topological polar surface area (TPSA) is 122 Å². The Hall–Kier alpha value is -3.90. The fraction of sp³-hybridized carbons (Fsp3) is 0.217. The van der Waals surface area contributed by atoms with Gasteiger partial charge in [-0.2, -0.15) is 0 Å². The Labute approximate surface area is 210 Å². The van der Waals surface area contributed by atoms with Crippen LogP contribution in [0.1, 0.15) is 31.5 Å². The normalized spacial score (nSPS) is 10.1. The molecule has 4 rings (SSSR count). The summed E-state index contributed by atoms with van der Waals surface area (Å²) in [7, 11) is 5.13. The van der Waals surface area contributed by atoms with Crippen molar-refractivity contribution in [2.45, 2.75) is 13.1 Å². The number of carbonyl (C=O) groups is 2. The van der Waals surface area contributed by atoms with E-state index in [1.165, 1.54) is 41.4 Å². The van der Waals surface area contributed by atoms with E-state index in [0.29, 0.717) is 23.1 Å². The number of carboxylic acids is 1. The van der Waals surface area contributed by atoms with Gasteiger partial charge in [-0.3, -0.25) is 9.97 Å². The highest BCUT2D eigenvalue weighted by molar-refractivity contribution is 7.17. The van der Waals surface area contributed by atoms with Gasteiger partial charge in [-0.1, -0.05) is 23.5 Å². The van der Waals surface area contributed by atoms with Gasteiger partial charge < -0.3 is 19.6 Å². The first-order valence-electron chi connectivity index (χ1n) is 10.3. The van der Waals surface area contributed by atoms with E-state index in [2.05, 4.69) is 24.7 Å². The van der Waals surface area contributed by atoms with E-state index in [9.17, 15) is 9.59 Å². The van der Waals surface area contributed by atoms with Gasteiger partial charge in [0.05, 0.1) is 37.8 Å². The highest BCUT2D eigenvalue weighted by atomic mass is 32.1. The van der Waals surface area contributed by atoms with Gasteiger partial charge in [-0.25, -0.2) is 19.6 Å². The Kier molecular flexibility index (Phi) is 9.21. The highest BCUT2D eigenvalue weighted by Gasteiger charge is 2.14. The standard InChI is InChI=1S/C12H13N3O2S.C11H11N3O2S/c1-15(8-9-5-3-4-6-13-9)12-14-7-10(18-12)11(16)17-2;1-14(6-8-4-2-3-5-12-8)11-13-9(7-17-11)10(15)16/h3-7H,8H2,1-2H3;2-5,7H,6H2,1H3,(H,15,16). The quantitative estimate of drug-likeness (QED) is 0.349. The number of hydrogen-bond donors (Lipinski definition) is 1. The molecule has 0 spiro atoms. The Morgan fingerprint density at radius 1 is 0.943 bits per heavy atom. The van der Waals surface area contributed by atoms with Crippen molar-refractivity contribution in [2.75, 3.05) is 31.0 Å². The lowest BCUT2D eigenvalue weighted by atomic mass is 10.3. The molecule has 0 aromatic carbocycles. The number of carboxylic acid groups (broad SMARTS) is 1. The van der Waals surface area contributed by atoms with Crippen LogP contribution in [0.15, 0.2) is 60.4 Å². The van der Waals surface area contributed by atoms with E-state index in [1.807, 2.05) is 60.3 Å². The van der Waals surface area contributed by atoms with Crippen LogP contribution < -0.4 is 9.80 Å². The average Bonchev–Trinajstić information content (AvgIpc) is 3.56. The van der Waals surface area contributed by atoms with E-state index in [-0.39, 0.29) is 11.7 Å². The first kappa shape index (κ1) is 25.7. The van der Waals surface area contributed by atoms with Crippen LogP contribution in [0.5, 0.6) is 0 Å². The molecule has 10 nitrogen and oxygen atoms in total. The molecule has 4 aromatic rings. The third-order valence-corrected chi connectivity index (χ3v) is 6.54. The molecular weight excluding hydrogens is 488 g/mol. The average molecular weight is 513 g/mol. The summed E-state index contributed by atoms with van der Waals surface area (Å²) in [6.07, 6.45) is 5.01. The number of carbonyl (C=O) groups excluding carboxylic acids is 1. The summed E-state index contributed by atoms with van der Waals surface area (Å²) in [5.74, 6) is -1.36. The van der Waals surface area contributed by atoms with Crippen LogP contribution in [-0.2, 0) is 17.8 Å². The lowest BCUT2D eigenvalue weighted by Crippen LogP contribution is -2.17. The molecular formula is C23H24N6O4S2. The first-order chi connectivity index (χ1) is 16.9. The van der Waals surface area contributed by atoms with Crippen molar-refractivity contribution < 1.29 is 19.4 Å². The monoisotopic (exact) mass is 512 g/mol. The SMILES string of the molecule is CN(Cc1ccccn1)c1nc(C(=O)O)cs1.COC(=O)c1cnc(N(C)Cc2ccccn2)s1. The molecule has 0 amide bonds. The predicted molar refractivity (Wildman–Crippen MR) is 135 cm³/mol. The molecule has 0 saturated heterocycles. The van der Waals surface area contributed by atoms with E-state index >= 15 is 0 Å². The number of pyridine rings is 2. The van der Waals surface area contributed by atoms with Crippen LogP contribution in [0, 0.1) is 0 Å². The molecule has 4 heterocycles. The van der Waals surface area contributed by atoms with Gasteiger partial charge >= 0.3 is 11.9 Å². The molecule has 0 aliphatic heterocycles. The summed E-state index contributed by atoms with van der Waals surface area (Å²) >= 11 is 2.62. The minimum Gasteiger partial charge on any atom is -0.476 e. The molecule has 12 heteroatoms. The summed E-state index contributed by atoms with van der Waals surface area (Å²) in [4.78, 5) is 43.0. The van der Waals surface area contributed by atoms with Crippen LogP contribution in [0.2, 0.25) is 0 Å². The Bertz CT molecular complexity index is 1230. The Morgan fingerprint density at radius 2 is 1.54 bits per heavy atom. The molecule has 182 valence electrons. The summed E-state index contributed by atoms with van der Waals surface area (Å²) < 4.78 is 4.65. The van der Waals surface area contributed by atoms with Crippen LogP contribution in [0.25, 0.3) is 0 Å². The van der Waals surface area contributed by atoms with Crippen molar-refractivity contribution in [1.29, 1.82) is 0 Å². The smallest absolute Gasteiger partial charge is 0.355 e. The number of hydrogen-bond acceptors (Lipinski definition) is 11. The number of nitrogens with zero attached hydrogens (tertiary/aromatic N) is 6. The maximum atomic E-state index is 11.3. The van der Waals surface area contributed by atoms with Crippen molar-refractivity contribution in [3.8, 4) is 0 Å². The lowest BCUT2D eigenvalue weighted by Gasteiger charge is -2.14. The van der Waals surface area contributed by atoms with E-state index in [1.54, 1.807) is 12.4 Å². The molecule has 0 saturated carbocycles. The van der Waals surface area contributed by atoms with Gasteiger partial charge in [-0.05, 0) is 24.3 Å². The second kappa shape index (κ2) is 12.5. The van der Waals surface area contributed by atoms with Crippen molar-refractivity contribution >= 4 is 44.9 Å². The minimum atomic E-state index is -1.00. The maximum Gasteiger partial charge on any atom is 0.355 e. The molecule has 0 bridgehead atoms. The molecule has 0 unspecified atom stereocenters. The van der Waals surface area contributed by atoms with Gasteiger partial charge in [0.1, 0.15) is 4.88 Å². The molecule has 0 atom stereocenters.